The minimum atomic E-state index is -3.82. The van der Waals surface area contributed by atoms with Crippen LogP contribution < -0.4 is 10.1 Å². The molecule has 0 radical (unpaired) electrons. The molecule has 1 aromatic heterocycles. The number of morpholine rings is 1. The van der Waals surface area contributed by atoms with Crippen LogP contribution in [0.3, 0.4) is 0 Å². The number of hydrogen-bond acceptors (Lipinski definition) is 6. The summed E-state index contributed by atoms with van der Waals surface area (Å²) in [6.07, 6.45) is 1.47. The number of nitrogens with one attached hydrogen (secondary N) is 1. The molecule has 1 N–H and O–H groups in total. The topological polar surface area (TPSA) is 97.8 Å². The fourth-order valence-electron chi connectivity index (χ4n) is 3.42. The Morgan fingerprint density at radius 3 is 2.48 bits per heavy atom. The van der Waals surface area contributed by atoms with Gasteiger partial charge in [-0.2, -0.15) is 4.31 Å². The minimum absolute atomic E-state index is 0.0351. The van der Waals surface area contributed by atoms with Crippen LogP contribution in [0.15, 0.2) is 65.7 Å². The number of ether oxygens (including phenoxy) is 2. The zero-order valence-electron chi connectivity index (χ0n) is 18.4. The number of carbonyl (C=O) groups excluding carboxylic acids is 1. The SMILES string of the molecule is Cc1ccc(Oc2ccc(NC(=O)c3ccccc3S(=O)(=O)N3CCOCC3)cn2)cc1C. The van der Waals surface area contributed by atoms with Gasteiger partial charge in [0.1, 0.15) is 5.75 Å². The molecule has 2 heterocycles. The molecule has 0 bridgehead atoms. The molecule has 3 aromatic rings. The first-order valence-electron chi connectivity index (χ1n) is 10.5. The van der Waals surface area contributed by atoms with Gasteiger partial charge >= 0.3 is 0 Å². The number of aromatic nitrogens is 1. The van der Waals surface area contributed by atoms with Crippen LogP contribution >= 0.6 is 0 Å². The van der Waals surface area contributed by atoms with Gasteiger partial charge in [-0.3, -0.25) is 4.79 Å². The summed E-state index contributed by atoms with van der Waals surface area (Å²) < 4.78 is 38.5. The van der Waals surface area contributed by atoms with Crippen LogP contribution in [0.2, 0.25) is 0 Å². The molecule has 0 spiro atoms. The van der Waals surface area contributed by atoms with Crippen molar-refractivity contribution >= 4 is 21.6 Å². The van der Waals surface area contributed by atoms with Crippen LogP contribution in [0.1, 0.15) is 21.5 Å². The third kappa shape index (κ3) is 5.22. The monoisotopic (exact) mass is 467 g/mol. The summed E-state index contributed by atoms with van der Waals surface area (Å²) in [5.41, 5.74) is 2.77. The van der Waals surface area contributed by atoms with E-state index in [1.807, 2.05) is 32.0 Å². The molecule has 172 valence electrons. The van der Waals surface area contributed by atoms with Gasteiger partial charge in [0.05, 0.1) is 35.6 Å². The number of pyridine rings is 1. The van der Waals surface area contributed by atoms with Crippen molar-refractivity contribution in [3.05, 3.63) is 77.5 Å². The Labute approximate surface area is 193 Å². The fourth-order valence-corrected chi connectivity index (χ4v) is 5.01. The second-order valence-corrected chi connectivity index (χ2v) is 9.61. The molecular weight excluding hydrogens is 442 g/mol. The molecule has 4 rings (SSSR count). The fraction of sp³-hybridized carbons (Fsp3) is 0.250. The Hall–Kier alpha value is -3.27. The number of carbonyl (C=O) groups is 1. The maximum Gasteiger partial charge on any atom is 0.257 e. The van der Waals surface area contributed by atoms with Gasteiger partial charge in [0.15, 0.2) is 0 Å². The Kier molecular flexibility index (Phi) is 6.73. The summed E-state index contributed by atoms with van der Waals surface area (Å²) in [6, 6.07) is 15.2. The number of hydrogen-bond donors (Lipinski definition) is 1. The number of aryl methyl sites for hydroxylation is 2. The van der Waals surface area contributed by atoms with E-state index in [4.69, 9.17) is 9.47 Å². The molecule has 1 fully saturated rings. The van der Waals surface area contributed by atoms with Gasteiger partial charge in [-0.25, -0.2) is 13.4 Å². The van der Waals surface area contributed by atoms with E-state index in [0.717, 1.165) is 5.56 Å². The second kappa shape index (κ2) is 9.70. The quantitative estimate of drug-likeness (QED) is 0.593. The Bertz CT molecular complexity index is 1250. The highest BCUT2D eigenvalue weighted by molar-refractivity contribution is 7.89. The van der Waals surface area contributed by atoms with Gasteiger partial charge in [0.25, 0.3) is 5.91 Å². The van der Waals surface area contributed by atoms with E-state index in [2.05, 4.69) is 10.3 Å². The first kappa shape index (κ1) is 22.9. The average Bonchev–Trinajstić information content (AvgIpc) is 2.83. The van der Waals surface area contributed by atoms with E-state index in [1.165, 1.54) is 28.2 Å². The van der Waals surface area contributed by atoms with E-state index < -0.39 is 15.9 Å². The first-order chi connectivity index (χ1) is 15.8. The summed E-state index contributed by atoms with van der Waals surface area (Å²) in [7, 11) is -3.82. The van der Waals surface area contributed by atoms with Crippen LogP contribution in [0, 0.1) is 13.8 Å². The molecular formula is C24H25N3O5S. The lowest BCUT2D eigenvalue weighted by molar-refractivity contribution is 0.0730. The summed E-state index contributed by atoms with van der Waals surface area (Å²) >= 11 is 0. The second-order valence-electron chi connectivity index (χ2n) is 7.70. The number of anilines is 1. The van der Waals surface area contributed by atoms with Crippen LogP contribution in [0.4, 0.5) is 5.69 Å². The molecule has 0 unspecified atom stereocenters. The zero-order chi connectivity index (χ0) is 23.4. The van der Waals surface area contributed by atoms with Gasteiger partial charge in [-0.15, -0.1) is 0 Å². The highest BCUT2D eigenvalue weighted by Crippen LogP contribution is 2.25. The lowest BCUT2D eigenvalue weighted by Crippen LogP contribution is -2.41. The minimum Gasteiger partial charge on any atom is -0.439 e. The smallest absolute Gasteiger partial charge is 0.257 e. The van der Waals surface area contributed by atoms with Crippen molar-refractivity contribution in [2.75, 3.05) is 31.6 Å². The van der Waals surface area contributed by atoms with Crippen molar-refractivity contribution in [2.24, 2.45) is 0 Å². The number of sulfonamides is 1. The van der Waals surface area contributed by atoms with E-state index in [-0.39, 0.29) is 23.5 Å². The van der Waals surface area contributed by atoms with E-state index in [9.17, 15) is 13.2 Å². The van der Waals surface area contributed by atoms with E-state index in [1.54, 1.807) is 24.3 Å². The summed E-state index contributed by atoms with van der Waals surface area (Å²) in [5, 5.41) is 2.72. The van der Waals surface area contributed by atoms with E-state index in [0.29, 0.717) is 30.5 Å². The molecule has 1 saturated heterocycles. The van der Waals surface area contributed by atoms with Crippen LogP contribution in [-0.4, -0.2) is 49.9 Å². The zero-order valence-corrected chi connectivity index (χ0v) is 19.3. The van der Waals surface area contributed by atoms with Crippen LogP contribution in [0.5, 0.6) is 11.6 Å². The third-order valence-corrected chi connectivity index (χ3v) is 7.37. The number of nitrogens with zero attached hydrogens (tertiary/aromatic N) is 2. The van der Waals surface area contributed by atoms with Crippen LogP contribution in [0.25, 0.3) is 0 Å². The highest BCUT2D eigenvalue weighted by Gasteiger charge is 2.30. The molecule has 0 atom stereocenters. The van der Waals surface area contributed by atoms with Crippen LogP contribution in [-0.2, 0) is 14.8 Å². The molecule has 9 heteroatoms. The predicted molar refractivity (Wildman–Crippen MR) is 124 cm³/mol. The van der Waals surface area contributed by atoms with E-state index >= 15 is 0 Å². The standard InChI is InChI=1S/C24H25N3O5S/c1-17-7-9-20(15-18(17)2)32-23-10-8-19(16-25-23)26-24(28)21-5-3-4-6-22(21)33(29,30)27-11-13-31-14-12-27/h3-10,15-16H,11-14H2,1-2H3,(H,26,28). The largest absolute Gasteiger partial charge is 0.439 e. The molecule has 33 heavy (non-hydrogen) atoms. The van der Waals surface area contributed by atoms with Crippen molar-refractivity contribution in [2.45, 2.75) is 18.7 Å². The number of rotatable bonds is 6. The van der Waals surface area contributed by atoms with Crippen molar-refractivity contribution in [1.82, 2.24) is 9.29 Å². The molecule has 8 nitrogen and oxygen atoms in total. The average molecular weight is 468 g/mol. The summed E-state index contributed by atoms with van der Waals surface area (Å²) in [5.74, 6) is 0.517. The Balaban J connectivity index is 1.49. The van der Waals surface area contributed by atoms with Crippen molar-refractivity contribution in [3.8, 4) is 11.6 Å². The molecule has 1 amide bonds. The number of amides is 1. The first-order valence-corrected chi connectivity index (χ1v) is 12.0. The van der Waals surface area contributed by atoms with Gasteiger partial charge < -0.3 is 14.8 Å². The molecule has 0 saturated carbocycles. The lowest BCUT2D eigenvalue weighted by atomic mass is 10.1. The molecule has 2 aromatic carbocycles. The molecule has 1 aliphatic heterocycles. The van der Waals surface area contributed by atoms with Crippen molar-refractivity contribution in [1.29, 1.82) is 0 Å². The molecule has 1 aliphatic rings. The van der Waals surface area contributed by atoms with Crippen molar-refractivity contribution < 1.29 is 22.7 Å². The maximum absolute atomic E-state index is 13.1. The van der Waals surface area contributed by atoms with Crippen molar-refractivity contribution in [3.63, 3.8) is 0 Å². The Morgan fingerprint density at radius 1 is 1.03 bits per heavy atom. The normalized spacial score (nSPS) is 14.6. The number of benzene rings is 2. The highest BCUT2D eigenvalue weighted by atomic mass is 32.2. The summed E-state index contributed by atoms with van der Waals surface area (Å²) in [6.45, 7) is 5.20. The van der Waals surface area contributed by atoms with Gasteiger partial charge in [-0.1, -0.05) is 18.2 Å². The maximum atomic E-state index is 13.1. The van der Waals surface area contributed by atoms with Gasteiger partial charge in [0.2, 0.25) is 15.9 Å². The Morgan fingerprint density at radius 2 is 1.79 bits per heavy atom. The molecule has 0 aliphatic carbocycles. The third-order valence-electron chi connectivity index (χ3n) is 5.41. The predicted octanol–water partition coefficient (Wildman–Crippen LogP) is 3.76. The van der Waals surface area contributed by atoms with Gasteiger partial charge in [0, 0.05) is 19.2 Å². The van der Waals surface area contributed by atoms with Gasteiger partial charge in [-0.05, 0) is 55.3 Å². The lowest BCUT2D eigenvalue weighted by Gasteiger charge is -2.26. The summed E-state index contributed by atoms with van der Waals surface area (Å²) in [4.78, 5) is 17.1.